The molecular formula is C10H21NO. The highest BCUT2D eigenvalue weighted by Crippen LogP contribution is 2.29. The minimum absolute atomic E-state index is 0.838. The second kappa shape index (κ2) is 4.83. The van der Waals surface area contributed by atoms with Crippen LogP contribution >= 0.6 is 0 Å². The van der Waals surface area contributed by atoms with Gasteiger partial charge in [0.2, 0.25) is 0 Å². The molecule has 2 heteroatoms. The van der Waals surface area contributed by atoms with Gasteiger partial charge in [0.05, 0.1) is 6.61 Å². The summed E-state index contributed by atoms with van der Waals surface area (Å²) in [7, 11) is 1.78. The zero-order valence-electron chi connectivity index (χ0n) is 8.55. The number of methoxy groups -OCH3 is 1. The van der Waals surface area contributed by atoms with Gasteiger partial charge in [0.1, 0.15) is 0 Å². The molecule has 1 aliphatic heterocycles. The Labute approximate surface area is 75.9 Å². The van der Waals surface area contributed by atoms with Crippen molar-refractivity contribution >= 4 is 0 Å². The Morgan fingerprint density at radius 2 is 1.83 bits per heavy atom. The SMILES string of the molecule is CCC1CC(CC)N1CCOC. The first-order valence-electron chi connectivity index (χ1n) is 5.08. The lowest BCUT2D eigenvalue weighted by molar-refractivity contribution is -0.00793. The van der Waals surface area contributed by atoms with E-state index in [4.69, 9.17) is 4.74 Å². The standard InChI is InChI=1S/C10H21NO/c1-4-9-8-10(5-2)11(9)6-7-12-3/h9-10H,4-8H2,1-3H3. The fourth-order valence-electron chi connectivity index (χ4n) is 2.11. The van der Waals surface area contributed by atoms with Gasteiger partial charge in [-0.1, -0.05) is 13.8 Å². The van der Waals surface area contributed by atoms with Crippen molar-refractivity contribution in [3.63, 3.8) is 0 Å². The van der Waals surface area contributed by atoms with Gasteiger partial charge < -0.3 is 4.74 Å². The molecule has 0 aromatic heterocycles. The molecule has 0 N–H and O–H groups in total. The van der Waals surface area contributed by atoms with E-state index in [1.807, 2.05) is 0 Å². The molecule has 0 aromatic rings. The molecule has 2 atom stereocenters. The molecule has 0 saturated carbocycles. The number of likely N-dealkylation sites (tertiary alicyclic amines) is 1. The lowest BCUT2D eigenvalue weighted by atomic mass is 9.89. The van der Waals surface area contributed by atoms with Crippen LogP contribution in [0.1, 0.15) is 33.1 Å². The van der Waals surface area contributed by atoms with Crippen LogP contribution in [0.2, 0.25) is 0 Å². The van der Waals surface area contributed by atoms with Crippen LogP contribution in [-0.4, -0.2) is 37.2 Å². The summed E-state index contributed by atoms with van der Waals surface area (Å²) in [6.45, 7) is 6.55. The normalized spacial score (nSPS) is 30.2. The molecular weight excluding hydrogens is 150 g/mol. The maximum Gasteiger partial charge on any atom is 0.0589 e. The fraction of sp³-hybridized carbons (Fsp3) is 1.00. The molecule has 2 nitrogen and oxygen atoms in total. The quantitative estimate of drug-likeness (QED) is 0.626. The van der Waals surface area contributed by atoms with Crippen molar-refractivity contribution in [3.05, 3.63) is 0 Å². The number of hydrogen-bond donors (Lipinski definition) is 0. The molecule has 1 rings (SSSR count). The molecule has 0 spiro atoms. The molecule has 2 unspecified atom stereocenters. The van der Waals surface area contributed by atoms with Gasteiger partial charge in [0.15, 0.2) is 0 Å². The van der Waals surface area contributed by atoms with Crippen molar-refractivity contribution in [1.82, 2.24) is 4.90 Å². The van der Waals surface area contributed by atoms with Gasteiger partial charge in [-0.3, -0.25) is 4.90 Å². The summed E-state index contributed by atoms with van der Waals surface area (Å²) in [5.74, 6) is 0. The van der Waals surface area contributed by atoms with E-state index < -0.39 is 0 Å². The summed E-state index contributed by atoms with van der Waals surface area (Å²) in [6.07, 6.45) is 3.98. The molecule has 0 radical (unpaired) electrons. The van der Waals surface area contributed by atoms with Crippen LogP contribution in [0.5, 0.6) is 0 Å². The predicted octanol–water partition coefficient (Wildman–Crippen LogP) is 1.90. The summed E-state index contributed by atoms with van der Waals surface area (Å²) in [6, 6.07) is 1.68. The van der Waals surface area contributed by atoms with Gasteiger partial charge in [0.25, 0.3) is 0 Å². The van der Waals surface area contributed by atoms with E-state index in [0.29, 0.717) is 0 Å². The van der Waals surface area contributed by atoms with Gasteiger partial charge in [-0.15, -0.1) is 0 Å². The zero-order valence-corrected chi connectivity index (χ0v) is 8.55. The van der Waals surface area contributed by atoms with Gasteiger partial charge >= 0.3 is 0 Å². The number of nitrogens with zero attached hydrogens (tertiary/aromatic N) is 1. The van der Waals surface area contributed by atoms with E-state index in [2.05, 4.69) is 18.7 Å². The minimum Gasteiger partial charge on any atom is -0.383 e. The van der Waals surface area contributed by atoms with Gasteiger partial charge in [0, 0.05) is 25.7 Å². The van der Waals surface area contributed by atoms with Crippen LogP contribution < -0.4 is 0 Å². The zero-order chi connectivity index (χ0) is 8.97. The second-order valence-corrected chi connectivity index (χ2v) is 3.59. The van der Waals surface area contributed by atoms with Crippen molar-refractivity contribution in [3.8, 4) is 0 Å². The van der Waals surface area contributed by atoms with E-state index in [0.717, 1.165) is 25.2 Å². The van der Waals surface area contributed by atoms with Gasteiger partial charge in [-0.05, 0) is 19.3 Å². The fourth-order valence-corrected chi connectivity index (χ4v) is 2.11. The monoisotopic (exact) mass is 171 g/mol. The van der Waals surface area contributed by atoms with Crippen LogP contribution in [0.3, 0.4) is 0 Å². The summed E-state index contributed by atoms with van der Waals surface area (Å²) >= 11 is 0. The number of hydrogen-bond acceptors (Lipinski definition) is 2. The maximum atomic E-state index is 5.09. The highest BCUT2D eigenvalue weighted by atomic mass is 16.5. The van der Waals surface area contributed by atoms with Crippen LogP contribution in [0, 0.1) is 0 Å². The Bertz CT molecular complexity index is 117. The van der Waals surface area contributed by atoms with Crippen LogP contribution in [0.15, 0.2) is 0 Å². The Balaban J connectivity index is 2.25. The molecule has 0 aromatic carbocycles. The molecule has 72 valence electrons. The Kier molecular flexibility index (Phi) is 4.02. The summed E-state index contributed by atoms with van der Waals surface area (Å²) < 4.78 is 5.09. The second-order valence-electron chi connectivity index (χ2n) is 3.59. The van der Waals surface area contributed by atoms with Crippen molar-refractivity contribution in [1.29, 1.82) is 0 Å². The van der Waals surface area contributed by atoms with E-state index in [9.17, 15) is 0 Å². The first kappa shape index (κ1) is 10.0. The topological polar surface area (TPSA) is 12.5 Å². The van der Waals surface area contributed by atoms with Crippen molar-refractivity contribution in [2.24, 2.45) is 0 Å². The van der Waals surface area contributed by atoms with E-state index in [-0.39, 0.29) is 0 Å². The Morgan fingerprint density at radius 3 is 2.25 bits per heavy atom. The summed E-state index contributed by atoms with van der Waals surface area (Å²) in [5.41, 5.74) is 0. The summed E-state index contributed by atoms with van der Waals surface area (Å²) in [4.78, 5) is 2.59. The number of ether oxygens (including phenoxy) is 1. The van der Waals surface area contributed by atoms with E-state index in [1.165, 1.54) is 19.3 Å². The Morgan fingerprint density at radius 1 is 1.25 bits per heavy atom. The molecule has 1 aliphatic rings. The highest BCUT2D eigenvalue weighted by molar-refractivity contribution is 4.90. The van der Waals surface area contributed by atoms with Crippen molar-refractivity contribution in [2.75, 3.05) is 20.3 Å². The molecule has 1 fully saturated rings. The molecule has 12 heavy (non-hydrogen) atoms. The molecule has 1 saturated heterocycles. The smallest absolute Gasteiger partial charge is 0.0589 e. The molecule has 1 heterocycles. The van der Waals surface area contributed by atoms with Gasteiger partial charge in [-0.25, -0.2) is 0 Å². The lowest BCUT2D eigenvalue weighted by Crippen LogP contribution is -2.56. The van der Waals surface area contributed by atoms with Crippen LogP contribution in [0.4, 0.5) is 0 Å². The third-order valence-corrected chi connectivity index (χ3v) is 2.98. The van der Waals surface area contributed by atoms with Crippen molar-refractivity contribution in [2.45, 2.75) is 45.2 Å². The molecule has 0 aliphatic carbocycles. The summed E-state index contributed by atoms with van der Waals surface area (Å²) in [5, 5.41) is 0. The minimum atomic E-state index is 0.838. The Hall–Kier alpha value is -0.0800. The largest absolute Gasteiger partial charge is 0.383 e. The van der Waals surface area contributed by atoms with Crippen molar-refractivity contribution < 1.29 is 4.74 Å². The third-order valence-electron chi connectivity index (χ3n) is 2.98. The van der Waals surface area contributed by atoms with E-state index >= 15 is 0 Å². The average Bonchev–Trinajstić information content (AvgIpc) is 2.05. The first-order valence-corrected chi connectivity index (χ1v) is 5.08. The van der Waals surface area contributed by atoms with Crippen LogP contribution in [-0.2, 0) is 4.74 Å². The highest BCUT2D eigenvalue weighted by Gasteiger charge is 2.34. The lowest BCUT2D eigenvalue weighted by Gasteiger charge is -2.48. The predicted molar refractivity (Wildman–Crippen MR) is 51.4 cm³/mol. The average molecular weight is 171 g/mol. The third kappa shape index (κ3) is 1.99. The molecule has 0 bridgehead atoms. The van der Waals surface area contributed by atoms with Crippen LogP contribution in [0.25, 0.3) is 0 Å². The van der Waals surface area contributed by atoms with E-state index in [1.54, 1.807) is 7.11 Å². The maximum absolute atomic E-state index is 5.09. The molecule has 0 amide bonds. The number of rotatable bonds is 5. The first-order chi connectivity index (χ1) is 5.83. The van der Waals surface area contributed by atoms with Gasteiger partial charge in [-0.2, -0.15) is 0 Å².